The molecule has 134 valence electrons. The topological polar surface area (TPSA) is 37.4 Å². The Balaban J connectivity index is 2.31. The molecule has 2 aromatic rings. The van der Waals surface area contributed by atoms with Crippen molar-refractivity contribution in [2.75, 3.05) is 4.31 Å². The van der Waals surface area contributed by atoms with Crippen LogP contribution in [0.1, 0.15) is 5.56 Å². The number of para-hydroxylation sites is 1. The molecule has 1 heterocycles. The van der Waals surface area contributed by atoms with E-state index in [1.54, 1.807) is 0 Å². The van der Waals surface area contributed by atoms with Crippen LogP contribution in [0.2, 0.25) is 0 Å². The summed E-state index contributed by atoms with van der Waals surface area (Å²) in [7, 11) is -5.94. The van der Waals surface area contributed by atoms with Crippen molar-refractivity contribution in [2.45, 2.75) is 21.5 Å². The third-order valence-electron chi connectivity index (χ3n) is 3.34. The summed E-state index contributed by atoms with van der Waals surface area (Å²) in [6.45, 7) is 0. The molecule has 2 aromatic carbocycles. The molecule has 0 bridgehead atoms. The van der Waals surface area contributed by atoms with E-state index in [2.05, 4.69) is 0 Å². The second-order valence-electron chi connectivity index (χ2n) is 4.97. The maximum absolute atomic E-state index is 13.1. The number of hydrogen-bond donors (Lipinski definition) is 0. The zero-order valence-corrected chi connectivity index (χ0v) is 13.5. The molecule has 0 radical (unpaired) electrons. The molecule has 1 aliphatic rings. The van der Waals surface area contributed by atoms with Crippen molar-refractivity contribution in [3.8, 4) is 0 Å². The summed E-state index contributed by atoms with van der Waals surface area (Å²) in [6, 6.07) is 7.34. The van der Waals surface area contributed by atoms with Crippen LogP contribution in [-0.2, 0) is 16.2 Å². The minimum atomic E-state index is -5.94. The molecular formula is C14H7F6NO2S2. The van der Waals surface area contributed by atoms with E-state index in [9.17, 15) is 34.8 Å². The summed E-state index contributed by atoms with van der Waals surface area (Å²) in [5.41, 5.74) is -7.95. The van der Waals surface area contributed by atoms with Crippen molar-refractivity contribution in [3.63, 3.8) is 0 Å². The van der Waals surface area contributed by atoms with Gasteiger partial charge in [0.1, 0.15) is 0 Å². The van der Waals surface area contributed by atoms with Gasteiger partial charge in [-0.25, -0.2) is 4.31 Å². The summed E-state index contributed by atoms with van der Waals surface area (Å²) in [6.07, 6.45) is -4.83. The van der Waals surface area contributed by atoms with Crippen LogP contribution < -0.4 is 4.31 Å². The number of hydrogen-bond acceptors (Lipinski definition) is 3. The second-order valence-corrected chi connectivity index (χ2v) is 7.83. The number of anilines is 2. The SMILES string of the molecule is O=S(=O)(N1c2ccccc2Sc2ccc(C(F)(F)F)cc21)C(F)(F)F. The Bertz CT molecular complexity index is 937. The molecule has 0 saturated heterocycles. The third kappa shape index (κ3) is 2.95. The van der Waals surface area contributed by atoms with Crippen LogP contribution in [0, 0.1) is 0 Å². The Morgan fingerprint density at radius 3 is 2.04 bits per heavy atom. The largest absolute Gasteiger partial charge is 0.517 e. The normalized spacial score (nSPS) is 14.9. The number of fused-ring (bicyclic) bond motifs is 2. The van der Waals surface area contributed by atoms with Gasteiger partial charge in [-0.3, -0.25) is 0 Å². The van der Waals surface area contributed by atoms with Gasteiger partial charge in [-0.2, -0.15) is 34.8 Å². The van der Waals surface area contributed by atoms with Gasteiger partial charge >= 0.3 is 21.7 Å². The predicted octanol–water partition coefficient (Wildman–Crippen LogP) is 5.16. The summed E-state index contributed by atoms with van der Waals surface area (Å²) in [4.78, 5) is 0.155. The zero-order valence-electron chi connectivity index (χ0n) is 11.9. The number of benzene rings is 2. The molecule has 3 nitrogen and oxygen atoms in total. The molecule has 3 rings (SSSR count). The van der Waals surface area contributed by atoms with Gasteiger partial charge in [-0.1, -0.05) is 23.9 Å². The average molecular weight is 399 g/mol. The van der Waals surface area contributed by atoms with Crippen LogP contribution in [0.15, 0.2) is 52.3 Å². The van der Waals surface area contributed by atoms with Crippen LogP contribution in [0.5, 0.6) is 0 Å². The first-order chi connectivity index (χ1) is 11.4. The van der Waals surface area contributed by atoms with Crippen LogP contribution in [0.4, 0.5) is 37.7 Å². The van der Waals surface area contributed by atoms with Gasteiger partial charge < -0.3 is 0 Å². The number of sulfonamides is 1. The Morgan fingerprint density at radius 2 is 1.44 bits per heavy atom. The molecule has 0 aliphatic carbocycles. The Kier molecular flexibility index (Phi) is 3.99. The monoisotopic (exact) mass is 399 g/mol. The van der Waals surface area contributed by atoms with Crippen LogP contribution in [0.3, 0.4) is 0 Å². The third-order valence-corrected chi connectivity index (χ3v) is 5.93. The number of alkyl halides is 6. The molecule has 25 heavy (non-hydrogen) atoms. The molecular weight excluding hydrogens is 392 g/mol. The van der Waals surface area contributed by atoms with E-state index < -0.39 is 33.0 Å². The summed E-state index contributed by atoms with van der Waals surface area (Å²) < 4.78 is 102. The highest BCUT2D eigenvalue weighted by molar-refractivity contribution is 8.00. The lowest BCUT2D eigenvalue weighted by Gasteiger charge is -2.32. The van der Waals surface area contributed by atoms with E-state index >= 15 is 0 Å². The average Bonchev–Trinajstić information content (AvgIpc) is 2.49. The molecule has 0 atom stereocenters. The number of nitrogens with zero attached hydrogens (tertiary/aromatic N) is 1. The molecule has 0 aromatic heterocycles. The van der Waals surface area contributed by atoms with Crippen molar-refractivity contribution in [1.82, 2.24) is 0 Å². The van der Waals surface area contributed by atoms with E-state index in [1.165, 1.54) is 18.2 Å². The highest BCUT2D eigenvalue weighted by atomic mass is 32.2. The lowest BCUT2D eigenvalue weighted by atomic mass is 10.2. The van der Waals surface area contributed by atoms with Gasteiger partial charge in [0.25, 0.3) is 0 Å². The fourth-order valence-corrected chi connectivity index (χ4v) is 4.45. The molecule has 0 spiro atoms. The molecule has 0 N–H and O–H groups in total. The van der Waals surface area contributed by atoms with E-state index in [4.69, 9.17) is 0 Å². The fourth-order valence-electron chi connectivity index (χ4n) is 2.26. The van der Waals surface area contributed by atoms with Gasteiger partial charge in [0.15, 0.2) is 0 Å². The van der Waals surface area contributed by atoms with Crippen molar-refractivity contribution in [3.05, 3.63) is 48.0 Å². The van der Waals surface area contributed by atoms with Crippen molar-refractivity contribution < 1.29 is 34.8 Å². The Hall–Kier alpha value is -1.88. The maximum atomic E-state index is 13.1. The molecule has 0 fully saturated rings. The quantitative estimate of drug-likeness (QED) is 0.622. The first-order valence-corrected chi connectivity index (χ1v) is 8.78. The molecule has 1 aliphatic heterocycles. The first kappa shape index (κ1) is 17.9. The predicted molar refractivity (Wildman–Crippen MR) is 79.1 cm³/mol. The minimum absolute atomic E-state index is 0.0282. The molecule has 0 saturated carbocycles. The Morgan fingerprint density at radius 1 is 0.840 bits per heavy atom. The Labute approximate surface area is 142 Å². The second kappa shape index (κ2) is 5.56. The first-order valence-electron chi connectivity index (χ1n) is 6.52. The van der Waals surface area contributed by atoms with Crippen molar-refractivity contribution in [2.24, 2.45) is 0 Å². The molecule has 0 unspecified atom stereocenters. The summed E-state index contributed by atoms with van der Waals surface area (Å²) >= 11 is 0.892. The van der Waals surface area contributed by atoms with Gasteiger partial charge in [-0.05, 0) is 30.3 Å². The minimum Gasteiger partial charge on any atom is -0.229 e. The van der Waals surface area contributed by atoms with Crippen molar-refractivity contribution in [1.29, 1.82) is 0 Å². The van der Waals surface area contributed by atoms with Gasteiger partial charge in [0.2, 0.25) is 0 Å². The molecule has 0 amide bonds. The van der Waals surface area contributed by atoms with E-state index in [-0.39, 0.29) is 19.8 Å². The van der Waals surface area contributed by atoms with Gasteiger partial charge in [-0.15, -0.1) is 0 Å². The zero-order chi connectivity index (χ0) is 18.6. The summed E-state index contributed by atoms with van der Waals surface area (Å²) in [5, 5.41) is 0. The lowest BCUT2D eigenvalue weighted by molar-refractivity contribution is -0.137. The van der Waals surface area contributed by atoms with E-state index in [0.29, 0.717) is 12.1 Å². The standard InChI is InChI=1S/C14H7F6NO2S2/c15-13(16,17)8-5-6-12-10(7-8)21(25(22,23)14(18,19)20)9-3-1-2-4-11(9)24-12/h1-7H. The van der Waals surface area contributed by atoms with Gasteiger partial charge in [0.05, 0.1) is 16.9 Å². The molecule has 11 heteroatoms. The van der Waals surface area contributed by atoms with Crippen LogP contribution in [-0.4, -0.2) is 13.9 Å². The smallest absolute Gasteiger partial charge is 0.229 e. The van der Waals surface area contributed by atoms with Crippen LogP contribution >= 0.6 is 11.8 Å². The van der Waals surface area contributed by atoms with Crippen molar-refractivity contribution >= 4 is 33.2 Å². The van der Waals surface area contributed by atoms with E-state index in [1.807, 2.05) is 0 Å². The lowest BCUT2D eigenvalue weighted by Crippen LogP contribution is -2.39. The maximum Gasteiger partial charge on any atom is 0.517 e. The van der Waals surface area contributed by atoms with Gasteiger partial charge in [0, 0.05) is 9.79 Å². The highest BCUT2D eigenvalue weighted by Gasteiger charge is 2.52. The fraction of sp³-hybridized carbons (Fsp3) is 0.143. The van der Waals surface area contributed by atoms with E-state index in [0.717, 1.165) is 23.9 Å². The highest BCUT2D eigenvalue weighted by Crippen LogP contribution is 2.52. The summed E-state index contributed by atoms with van der Waals surface area (Å²) in [5.74, 6) is 0. The van der Waals surface area contributed by atoms with Crippen LogP contribution in [0.25, 0.3) is 0 Å². The number of rotatable bonds is 1. The number of halogens is 6.